The Kier molecular flexibility index (Phi) is 7.02. The van der Waals surface area contributed by atoms with Crippen LogP contribution in [-0.4, -0.2) is 43.6 Å². The number of amides is 1. The Bertz CT molecular complexity index is 403. The van der Waals surface area contributed by atoms with Crippen molar-refractivity contribution >= 4 is 17.7 Å². The number of carbonyl (C=O) groups is 1. The number of carbonyl (C=O) groups excluding carboxylic acids is 1. The molecule has 4 N–H and O–H groups in total. The second-order valence-electron chi connectivity index (χ2n) is 3.77. The lowest BCUT2D eigenvalue weighted by atomic mass is 10.3. The standard InChI is InChI=1S/C12H17ClN2O4/c13-10-3-1-2-4-11(10)19-8-9(16)7-15-5-6-18-12(14)17/h1-4,9,15-16H,5-8H2,(H2,14,17). The van der Waals surface area contributed by atoms with Crippen LogP contribution in [-0.2, 0) is 4.74 Å². The number of aliphatic hydroxyl groups is 1. The highest BCUT2D eigenvalue weighted by atomic mass is 35.5. The van der Waals surface area contributed by atoms with Gasteiger partial charge in [-0.05, 0) is 12.1 Å². The SMILES string of the molecule is NC(=O)OCCNCC(O)COc1ccccc1Cl. The molecule has 0 fully saturated rings. The van der Waals surface area contributed by atoms with Gasteiger partial charge in [0.1, 0.15) is 25.1 Å². The van der Waals surface area contributed by atoms with E-state index in [0.717, 1.165) is 0 Å². The molecule has 1 unspecified atom stereocenters. The summed E-state index contributed by atoms with van der Waals surface area (Å²) in [5.41, 5.74) is 4.79. The molecule has 6 nitrogen and oxygen atoms in total. The number of halogens is 1. The van der Waals surface area contributed by atoms with E-state index >= 15 is 0 Å². The average molecular weight is 289 g/mol. The van der Waals surface area contributed by atoms with Gasteiger partial charge < -0.3 is 25.6 Å². The van der Waals surface area contributed by atoms with Crippen LogP contribution in [0.15, 0.2) is 24.3 Å². The Morgan fingerprint density at radius 3 is 2.89 bits per heavy atom. The molecule has 19 heavy (non-hydrogen) atoms. The fourth-order valence-electron chi connectivity index (χ4n) is 1.30. The number of ether oxygens (including phenoxy) is 2. The summed E-state index contributed by atoms with van der Waals surface area (Å²) >= 11 is 5.90. The quantitative estimate of drug-likeness (QED) is 0.614. The summed E-state index contributed by atoms with van der Waals surface area (Å²) in [6.07, 6.45) is -1.51. The summed E-state index contributed by atoms with van der Waals surface area (Å²) in [6.45, 7) is 1.000. The van der Waals surface area contributed by atoms with E-state index in [1.807, 2.05) is 0 Å². The number of nitrogens with one attached hydrogen (secondary N) is 1. The van der Waals surface area contributed by atoms with E-state index in [2.05, 4.69) is 10.1 Å². The molecular weight excluding hydrogens is 272 g/mol. The summed E-state index contributed by atoms with van der Waals surface area (Å²) in [4.78, 5) is 10.3. The van der Waals surface area contributed by atoms with Gasteiger partial charge in [0.15, 0.2) is 0 Å². The summed E-state index contributed by atoms with van der Waals surface area (Å²) < 4.78 is 9.88. The van der Waals surface area contributed by atoms with Crippen LogP contribution in [0.4, 0.5) is 4.79 Å². The van der Waals surface area contributed by atoms with E-state index in [1.165, 1.54) is 0 Å². The number of hydrogen-bond donors (Lipinski definition) is 3. The Balaban J connectivity index is 2.13. The number of para-hydroxylation sites is 1. The molecule has 1 atom stereocenters. The minimum Gasteiger partial charge on any atom is -0.489 e. The molecule has 1 aromatic carbocycles. The smallest absolute Gasteiger partial charge is 0.404 e. The molecule has 7 heteroatoms. The highest BCUT2D eigenvalue weighted by Crippen LogP contribution is 2.22. The van der Waals surface area contributed by atoms with Crippen LogP contribution >= 0.6 is 11.6 Å². The molecule has 0 aliphatic rings. The van der Waals surface area contributed by atoms with Crippen LogP contribution in [0.1, 0.15) is 0 Å². The third kappa shape index (κ3) is 6.85. The summed E-state index contributed by atoms with van der Waals surface area (Å²) in [5, 5.41) is 13.0. The summed E-state index contributed by atoms with van der Waals surface area (Å²) in [7, 11) is 0. The molecule has 106 valence electrons. The first-order valence-corrected chi connectivity index (χ1v) is 6.15. The van der Waals surface area contributed by atoms with Crippen LogP contribution in [0.5, 0.6) is 5.75 Å². The molecule has 0 radical (unpaired) electrons. The van der Waals surface area contributed by atoms with Gasteiger partial charge in [-0.2, -0.15) is 0 Å². The molecule has 1 amide bonds. The Labute approximate surface area is 116 Å². The van der Waals surface area contributed by atoms with Gasteiger partial charge in [-0.3, -0.25) is 0 Å². The van der Waals surface area contributed by atoms with Crippen molar-refractivity contribution in [3.05, 3.63) is 29.3 Å². The van der Waals surface area contributed by atoms with Gasteiger partial charge in [-0.25, -0.2) is 4.79 Å². The first-order valence-electron chi connectivity index (χ1n) is 5.78. The molecule has 0 aliphatic carbocycles. The molecule has 0 spiro atoms. The minimum absolute atomic E-state index is 0.118. The number of primary amides is 1. The van der Waals surface area contributed by atoms with Crippen molar-refractivity contribution in [3.63, 3.8) is 0 Å². The zero-order valence-corrected chi connectivity index (χ0v) is 11.1. The van der Waals surface area contributed by atoms with Crippen molar-refractivity contribution in [1.29, 1.82) is 0 Å². The van der Waals surface area contributed by atoms with Crippen molar-refractivity contribution in [2.75, 3.05) is 26.3 Å². The largest absolute Gasteiger partial charge is 0.489 e. The van der Waals surface area contributed by atoms with Gasteiger partial charge in [0.2, 0.25) is 0 Å². The summed E-state index contributed by atoms with van der Waals surface area (Å²) in [5.74, 6) is 0.528. The highest BCUT2D eigenvalue weighted by molar-refractivity contribution is 6.32. The van der Waals surface area contributed by atoms with Crippen LogP contribution < -0.4 is 15.8 Å². The highest BCUT2D eigenvalue weighted by Gasteiger charge is 2.06. The molecule has 0 heterocycles. The third-order valence-corrected chi connectivity index (χ3v) is 2.48. The second kappa shape index (κ2) is 8.58. The lowest BCUT2D eigenvalue weighted by Crippen LogP contribution is -2.34. The maximum absolute atomic E-state index is 10.3. The predicted octanol–water partition coefficient (Wildman–Crippen LogP) is 0.765. The maximum atomic E-state index is 10.3. The fourth-order valence-corrected chi connectivity index (χ4v) is 1.49. The molecule has 0 aliphatic heterocycles. The Morgan fingerprint density at radius 2 is 2.21 bits per heavy atom. The van der Waals surface area contributed by atoms with Gasteiger partial charge in [0, 0.05) is 13.1 Å². The molecule has 0 aromatic heterocycles. The zero-order chi connectivity index (χ0) is 14.1. The topological polar surface area (TPSA) is 93.8 Å². The third-order valence-electron chi connectivity index (χ3n) is 2.17. The monoisotopic (exact) mass is 288 g/mol. The number of hydrogen-bond acceptors (Lipinski definition) is 5. The van der Waals surface area contributed by atoms with E-state index in [0.29, 0.717) is 23.9 Å². The number of benzene rings is 1. The minimum atomic E-state index is -0.815. The van der Waals surface area contributed by atoms with Crippen LogP contribution in [0.3, 0.4) is 0 Å². The van der Waals surface area contributed by atoms with Crippen molar-refractivity contribution < 1.29 is 19.4 Å². The van der Waals surface area contributed by atoms with Crippen LogP contribution in [0.2, 0.25) is 5.02 Å². The fraction of sp³-hybridized carbons (Fsp3) is 0.417. The van der Waals surface area contributed by atoms with Crippen LogP contribution in [0, 0.1) is 0 Å². The molecule has 1 rings (SSSR count). The molecule has 0 saturated heterocycles. The zero-order valence-electron chi connectivity index (χ0n) is 10.3. The predicted molar refractivity (Wildman–Crippen MR) is 71.4 cm³/mol. The van der Waals surface area contributed by atoms with Gasteiger partial charge in [-0.1, -0.05) is 23.7 Å². The van der Waals surface area contributed by atoms with Gasteiger partial charge in [0.05, 0.1) is 5.02 Å². The van der Waals surface area contributed by atoms with Crippen molar-refractivity contribution in [1.82, 2.24) is 5.32 Å². The number of aliphatic hydroxyl groups excluding tert-OH is 1. The Hall–Kier alpha value is -1.50. The maximum Gasteiger partial charge on any atom is 0.404 e. The van der Waals surface area contributed by atoms with Crippen molar-refractivity contribution in [3.8, 4) is 5.75 Å². The average Bonchev–Trinajstić information content (AvgIpc) is 2.37. The van der Waals surface area contributed by atoms with E-state index < -0.39 is 12.2 Å². The van der Waals surface area contributed by atoms with Gasteiger partial charge >= 0.3 is 6.09 Å². The normalized spacial score (nSPS) is 11.9. The van der Waals surface area contributed by atoms with Crippen molar-refractivity contribution in [2.45, 2.75) is 6.10 Å². The first kappa shape index (κ1) is 15.6. The van der Waals surface area contributed by atoms with E-state index in [1.54, 1.807) is 24.3 Å². The van der Waals surface area contributed by atoms with Crippen LogP contribution in [0.25, 0.3) is 0 Å². The lowest BCUT2D eigenvalue weighted by molar-refractivity contribution is 0.104. The van der Waals surface area contributed by atoms with E-state index in [-0.39, 0.29) is 13.2 Å². The van der Waals surface area contributed by atoms with E-state index in [9.17, 15) is 9.90 Å². The first-order chi connectivity index (χ1) is 9.09. The van der Waals surface area contributed by atoms with Gasteiger partial charge in [-0.15, -0.1) is 0 Å². The van der Waals surface area contributed by atoms with Crippen molar-refractivity contribution in [2.24, 2.45) is 5.73 Å². The number of nitrogens with two attached hydrogens (primary N) is 1. The second-order valence-corrected chi connectivity index (χ2v) is 4.17. The molecule has 1 aromatic rings. The number of rotatable bonds is 8. The van der Waals surface area contributed by atoms with Gasteiger partial charge in [0.25, 0.3) is 0 Å². The molecule has 0 bridgehead atoms. The molecule has 0 saturated carbocycles. The molecular formula is C12H17ClN2O4. The lowest BCUT2D eigenvalue weighted by Gasteiger charge is -2.13. The Morgan fingerprint density at radius 1 is 1.47 bits per heavy atom. The summed E-state index contributed by atoms with van der Waals surface area (Å²) in [6, 6.07) is 7.03. The van der Waals surface area contributed by atoms with E-state index in [4.69, 9.17) is 22.1 Å².